The highest BCUT2D eigenvalue weighted by atomic mass is 16.5. The van der Waals surface area contributed by atoms with Crippen LogP contribution < -0.4 is 15.5 Å². The number of hydrogen-bond acceptors (Lipinski definition) is 7. The number of rotatable bonds is 7. The van der Waals surface area contributed by atoms with Gasteiger partial charge in [0.05, 0.1) is 13.2 Å². The monoisotopic (exact) mass is 444 g/mol. The van der Waals surface area contributed by atoms with E-state index in [1.165, 1.54) is 11.3 Å². The van der Waals surface area contributed by atoms with Crippen molar-refractivity contribution in [1.29, 1.82) is 0 Å². The quantitative estimate of drug-likeness (QED) is 0.568. The van der Waals surface area contributed by atoms with Gasteiger partial charge >= 0.3 is 0 Å². The molecule has 3 heterocycles. The summed E-state index contributed by atoms with van der Waals surface area (Å²) >= 11 is 0. The molecule has 0 bridgehead atoms. The van der Waals surface area contributed by atoms with Crippen LogP contribution >= 0.6 is 0 Å². The second-order valence-electron chi connectivity index (χ2n) is 8.72. The van der Waals surface area contributed by atoms with E-state index < -0.39 is 0 Å². The van der Waals surface area contributed by atoms with Crippen molar-refractivity contribution in [3.63, 3.8) is 0 Å². The summed E-state index contributed by atoms with van der Waals surface area (Å²) in [6.07, 6.45) is 4.00. The summed E-state index contributed by atoms with van der Waals surface area (Å²) in [4.78, 5) is 14.0. The Kier molecular flexibility index (Phi) is 6.99. The fraction of sp³-hybridized carbons (Fsp3) is 0.385. The molecule has 2 aliphatic rings. The van der Waals surface area contributed by atoms with Crippen molar-refractivity contribution in [2.45, 2.75) is 25.4 Å². The molecule has 7 heteroatoms. The van der Waals surface area contributed by atoms with E-state index >= 15 is 0 Å². The number of ether oxygens (including phenoxy) is 1. The van der Waals surface area contributed by atoms with Crippen LogP contribution in [-0.2, 0) is 11.3 Å². The number of hydrogen-bond donors (Lipinski definition) is 2. The summed E-state index contributed by atoms with van der Waals surface area (Å²) in [6, 6.07) is 21.5. The second kappa shape index (κ2) is 10.6. The Morgan fingerprint density at radius 2 is 1.64 bits per heavy atom. The van der Waals surface area contributed by atoms with Gasteiger partial charge in [-0.1, -0.05) is 30.3 Å². The minimum atomic E-state index is 0.403. The fourth-order valence-electron chi connectivity index (χ4n) is 4.48. The van der Waals surface area contributed by atoms with Gasteiger partial charge in [-0.15, -0.1) is 0 Å². The van der Waals surface area contributed by atoms with Crippen LogP contribution in [0.1, 0.15) is 18.4 Å². The molecular weight excluding hydrogens is 412 g/mol. The molecule has 0 saturated carbocycles. The first-order valence-electron chi connectivity index (χ1n) is 11.9. The van der Waals surface area contributed by atoms with Gasteiger partial charge in [0.1, 0.15) is 5.82 Å². The highest BCUT2D eigenvalue weighted by molar-refractivity contribution is 5.61. The lowest BCUT2D eigenvalue weighted by atomic mass is 10.0. The summed E-state index contributed by atoms with van der Waals surface area (Å²) in [5.41, 5.74) is 3.63. The van der Waals surface area contributed by atoms with E-state index in [-0.39, 0.29) is 0 Å². The third-order valence-corrected chi connectivity index (χ3v) is 6.34. The number of likely N-dealkylation sites (tertiary alicyclic amines) is 1. The molecule has 2 aliphatic heterocycles. The molecule has 1 aromatic heterocycles. The smallest absolute Gasteiger partial charge is 0.224 e. The topological polar surface area (TPSA) is 65.5 Å². The van der Waals surface area contributed by atoms with Crippen LogP contribution in [0.15, 0.2) is 66.9 Å². The summed E-state index contributed by atoms with van der Waals surface area (Å²) in [5.74, 6) is 1.49. The first kappa shape index (κ1) is 21.7. The molecule has 0 unspecified atom stereocenters. The van der Waals surface area contributed by atoms with E-state index in [1.54, 1.807) is 0 Å². The summed E-state index contributed by atoms with van der Waals surface area (Å²) in [7, 11) is 0. The highest BCUT2D eigenvalue weighted by Crippen LogP contribution is 2.22. The van der Waals surface area contributed by atoms with Crippen molar-refractivity contribution < 1.29 is 4.74 Å². The molecule has 7 nitrogen and oxygen atoms in total. The zero-order valence-corrected chi connectivity index (χ0v) is 19.0. The number of piperidine rings is 1. The minimum absolute atomic E-state index is 0.403. The van der Waals surface area contributed by atoms with Gasteiger partial charge in [-0.3, -0.25) is 4.90 Å². The molecule has 0 amide bonds. The van der Waals surface area contributed by atoms with Crippen molar-refractivity contribution in [2.75, 3.05) is 54.9 Å². The lowest BCUT2D eigenvalue weighted by molar-refractivity contribution is 0.122. The molecule has 2 aromatic carbocycles. The molecule has 2 saturated heterocycles. The van der Waals surface area contributed by atoms with E-state index in [0.717, 1.165) is 70.3 Å². The predicted octanol–water partition coefficient (Wildman–Crippen LogP) is 4.13. The summed E-state index contributed by atoms with van der Waals surface area (Å²) in [5, 5.41) is 6.94. The van der Waals surface area contributed by atoms with Crippen LogP contribution in [0.5, 0.6) is 0 Å². The molecule has 172 valence electrons. The van der Waals surface area contributed by atoms with Crippen LogP contribution in [0.2, 0.25) is 0 Å². The Balaban J connectivity index is 1.12. The van der Waals surface area contributed by atoms with Gasteiger partial charge in [-0.2, -0.15) is 4.98 Å². The highest BCUT2D eigenvalue weighted by Gasteiger charge is 2.20. The van der Waals surface area contributed by atoms with Gasteiger partial charge in [0, 0.05) is 56.3 Å². The van der Waals surface area contributed by atoms with E-state index in [2.05, 4.69) is 85.0 Å². The standard InChI is InChI=1S/C26H32N6O/c1-2-4-21(5-3-1)20-31-14-11-23(12-15-31)29-26-27-13-10-25(30-26)28-22-6-8-24(9-7-22)32-16-18-33-19-17-32/h1-10,13,23H,11-12,14-20H2,(H2,27,28,29,30). The molecule has 3 aromatic rings. The normalized spacial score (nSPS) is 17.6. The van der Waals surface area contributed by atoms with Crippen molar-refractivity contribution in [2.24, 2.45) is 0 Å². The molecule has 33 heavy (non-hydrogen) atoms. The molecule has 0 spiro atoms. The minimum Gasteiger partial charge on any atom is -0.378 e. The Bertz CT molecular complexity index is 999. The van der Waals surface area contributed by atoms with E-state index in [4.69, 9.17) is 4.74 Å². The SMILES string of the molecule is c1ccc(CN2CCC(Nc3nccc(Nc4ccc(N5CCOCC5)cc4)n3)CC2)cc1. The molecule has 2 fully saturated rings. The summed E-state index contributed by atoms with van der Waals surface area (Å²) < 4.78 is 5.44. The van der Waals surface area contributed by atoms with Crippen LogP contribution in [0, 0.1) is 0 Å². The maximum atomic E-state index is 5.44. The first-order chi connectivity index (χ1) is 16.3. The van der Waals surface area contributed by atoms with Gasteiger partial charge in [-0.05, 0) is 48.7 Å². The van der Waals surface area contributed by atoms with Crippen molar-refractivity contribution in [3.8, 4) is 0 Å². The molecule has 0 atom stereocenters. The largest absolute Gasteiger partial charge is 0.378 e. The molecule has 2 N–H and O–H groups in total. The number of anilines is 4. The number of benzene rings is 2. The third-order valence-electron chi connectivity index (χ3n) is 6.34. The first-order valence-corrected chi connectivity index (χ1v) is 11.9. The van der Waals surface area contributed by atoms with Gasteiger partial charge in [0.25, 0.3) is 0 Å². The van der Waals surface area contributed by atoms with Crippen LogP contribution in [0.3, 0.4) is 0 Å². The van der Waals surface area contributed by atoms with Crippen molar-refractivity contribution >= 4 is 23.1 Å². The van der Waals surface area contributed by atoms with E-state index in [0.29, 0.717) is 12.0 Å². The zero-order valence-electron chi connectivity index (χ0n) is 19.0. The second-order valence-corrected chi connectivity index (χ2v) is 8.72. The van der Waals surface area contributed by atoms with Gasteiger partial charge in [0.15, 0.2) is 0 Å². The van der Waals surface area contributed by atoms with Crippen LogP contribution in [0.25, 0.3) is 0 Å². The Labute approximate surface area is 195 Å². The molecule has 0 aliphatic carbocycles. The number of nitrogens with one attached hydrogen (secondary N) is 2. The van der Waals surface area contributed by atoms with Crippen molar-refractivity contribution in [1.82, 2.24) is 14.9 Å². The van der Waals surface area contributed by atoms with Gasteiger partial charge in [-0.25, -0.2) is 4.98 Å². The summed E-state index contributed by atoms with van der Waals surface area (Å²) in [6.45, 7) is 6.66. The Hall–Kier alpha value is -3.16. The lowest BCUT2D eigenvalue weighted by Gasteiger charge is -2.32. The van der Waals surface area contributed by atoms with Crippen molar-refractivity contribution in [3.05, 3.63) is 72.4 Å². The zero-order chi connectivity index (χ0) is 22.3. The fourth-order valence-corrected chi connectivity index (χ4v) is 4.48. The van der Waals surface area contributed by atoms with Gasteiger partial charge < -0.3 is 20.3 Å². The van der Waals surface area contributed by atoms with Gasteiger partial charge in [0.2, 0.25) is 5.95 Å². The van der Waals surface area contributed by atoms with Crippen LogP contribution in [0.4, 0.5) is 23.1 Å². The number of nitrogens with zero attached hydrogens (tertiary/aromatic N) is 4. The third kappa shape index (κ3) is 6.00. The lowest BCUT2D eigenvalue weighted by Crippen LogP contribution is -2.38. The van der Waals surface area contributed by atoms with Crippen LogP contribution in [-0.4, -0.2) is 60.3 Å². The molecular formula is C26H32N6O. The van der Waals surface area contributed by atoms with E-state index in [1.807, 2.05) is 12.3 Å². The maximum absolute atomic E-state index is 5.44. The number of morpholine rings is 1. The molecule has 5 rings (SSSR count). The predicted molar refractivity (Wildman–Crippen MR) is 133 cm³/mol. The average molecular weight is 445 g/mol. The average Bonchev–Trinajstić information content (AvgIpc) is 2.87. The maximum Gasteiger partial charge on any atom is 0.224 e. The Morgan fingerprint density at radius 1 is 0.879 bits per heavy atom. The number of aromatic nitrogens is 2. The molecule has 0 radical (unpaired) electrons. The Morgan fingerprint density at radius 3 is 2.39 bits per heavy atom. The van der Waals surface area contributed by atoms with E-state index in [9.17, 15) is 0 Å².